The molecule has 25 heavy (non-hydrogen) atoms. The van der Waals surface area contributed by atoms with Gasteiger partial charge in [-0.25, -0.2) is 0 Å². The van der Waals surface area contributed by atoms with Crippen LogP contribution >= 0.6 is 0 Å². The number of Topliss-reactive ketones (excluding diaryl/α,β-unsaturated/α-hetero) is 1. The van der Waals surface area contributed by atoms with Crippen molar-refractivity contribution in [3.63, 3.8) is 0 Å². The molecule has 3 atom stereocenters. The molecule has 1 heterocycles. The second kappa shape index (κ2) is 8.06. The molecule has 0 saturated carbocycles. The summed E-state index contributed by atoms with van der Waals surface area (Å²) in [6.45, 7) is 1.63. The monoisotopic (exact) mass is 344 g/mol. The van der Waals surface area contributed by atoms with Crippen LogP contribution in [0.15, 0.2) is 54.1 Å². The van der Waals surface area contributed by atoms with Gasteiger partial charge in [-0.15, -0.1) is 0 Å². The number of carbonyl (C=O) groups excluding carboxylic acids is 1. The number of methoxy groups -OCH3 is 1. The van der Waals surface area contributed by atoms with Crippen molar-refractivity contribution in [2.75, 3.05) is 26.9 Å². The van der Waals surface area contributed by atoms with Crippen molar-refractivity contribution in [1.29, 1.82) is 0 Å². The molecule has 0 aromatic heterocycles. The molecule has 1 aromatic rings. The molecule has 1 fully saturated rings. The van der Waals surface area contributed by atoms with E-state index in [1.165, 1.54) is 0 Å². The molecular formula is C20H24O5. The van der Waals surface area contributed by atoms with Crippen molar-refractivity contribution in [2.45, 2.75) is 30.7 Å². The first-order chi connectivity index (χ1) is 12.1. The van der Waals surface area contributed by atoms with E-state index in [0.717, 1.165) is 12.0 Å². The predicted molar refractivity (Wildman–Crippen MR) is 93.2 cm³/mol. The minimum atomic E-state index is -1.22. The van der Waals surface area contributed by atoms with E-state index in [1.807, 2.05) is 18.2 Å². The maximum Gasteiger partial charge on any atom is 0.201 e. The van der Waals surface area contributed by atoms with Crippen LogP contribution in [0.3, 0.4) is 0 Å². The van der Waals surface area contributed by atoms with E-state index in [2.05, 4.69) is 0 Å². The number of ether oxygens (including phenoxy) is 3. The van der Waals surface area contributed by atoms with E-state index in [0.29, 0.717) is 31.8 Å². The number of allylic oxidation sites excluding steroid dienone is 1. The molecule has 1 aliphatic heterocycles. The average molecular weight is 344 g/mol. The Morgan fingerprint density at radius 1 is 1.40 bits per heavy atom. The molecule has 1 aliphatic carbocycles. The largest absolute Gasteiger partial charge is 0.384 e. The third-order valence-corrected chi connectivity index (χ3v) is 4.54. The maximum atomic E-state index is 13.1. The van der Waals surface area contributed by atoms with Gasteiger partial charge in [-0.05, 0) is 23.6 Å². The molecule has 2 aliphatic rings. The molecule has 0 bridgehead atoms. The zero-order valence-corrected chi connectivity index (χ0v) is 14.4. The minimum absolute atomic E-state index is 0.0470. The summed E-state index contributed by atoms with van der Waals surface area (Å²) in [6, 6.07) is 8.94. The van der Waals surface area contributed by atoms with Gasteiger partial charge in [-0.2, -0.15) is 0 Å². The van der Waals surface area contributed by atoms with Crippen LogP contribution in [0.4, 0.5) is 0 Å². The van der Waals surface area contributed by atoms with Gasteiger partial charge in [0.1, 0.15) is 12.2 Å². The average Bonchev–Trinajstić information content (AvgIpc) is 3.49. The first-order valence-electron chi connectivity index (χ1n) is 8.55. The summed E-state index contributed by atoms with van der Waals surface area (Å²) in [5.74, 6) is -0.349. The summed E-state index contributed by atoms with van der Waals surface area (Å²) in [4.78, 5) is 13.1. The topological polar surface area (TPSA) is 68.3 Å². The second-order valence-corrected chi connectivity index (χ2v) is 6.39. The summed E-state index contributed by atoms with van der Waals surface area (Å²) in [5, 5.41) is 10.6. The third-order valence-electron chi connectivity index (χ3n) is 4.54. The summed E-state index contributed by atoms with van der Waals surface area (Å²) in [6.07, 6.45) is 5.66. The van der Waals surface area contributed by atoms with Gasteiger partial charge in [-0.3, -0.25) is 4.79 Å². The van der Waals surface area contributed by atoms with Crippen LogP contribution < -0.4 is 0 Å². The third kappa shape index (κ3) is 4.44. The lowest BCUT2D eigenvalue weighted by Gasteiger charge is -2.33. The highest BCUT2D eigenvalue weighted by Gasteiger charge is 2.43. The maximum absolute atomic E-state index is 13.1. The Labute approximate surface area is 147 Å². The lowest BCUT2D eigenvalue weighted by Crippen LogP contribution is -2.44. The number of hydrogen-bond acceptors (Lipinski definition) is 5. The van der Waals surface area contributed by atoms with E-state index >= 15 is 0 Å². The highest BCUT2D eigenvalue weighted by molar-refractivity contribution is 5.94. The van der Waals surface area contributed by atoms with Crippen molar-refractivity contribution in [1.82, 2.24) is 0 Å². The van der Waals surface area contributed by atoms with E-state index < -0.39 is 11.7 Å². The predicted octanol–water partition coefficient (Wildman–Crippen LogP) is 2.37. The molecule has 0 spiro atoms. The lowest BCUT2D eigenvalue weighted by atomic mass is 9.83. The fraction of sp³-hybridized carbons (Fsp3) is 0.450. The van der Waals surface area contributed by atoms with Crippen LogP contribution in [0.25, 0.3) is 0 Å². The van der Waals surface area contributed by atoms with Crippen LogP contribution in [-0.2, 0) is 19.0 Å². The fourth-order valence-corrected chi connectivity index (χ4v) is 2.85. The Morgan fingerprint density at radius 3 is 2.76 bits per heavy atom. The van der Waals surface area contributed by atoms with Crippen LogP contribution in [0, 0.1) is 0 Å². The van der Waals surface area contributed by atoms with E-state index in [-0.39, 0.29) is 11.9 Å². The van der Waals surface area contributed by atoms with Crippen molar-refractivity contribution in [2.24, 2.45) is 0 Å². The summed E-state index contributed by atoms with van der Waals surface area (Å²) >= 11 is 0. The molecule has 5 heteroatoms. The molecule has 0 radical (unpaired) electrons. The number of epoxide rings is 1. The molecule has 1 saturated heterocycles. The number of rotatable bonds is 9. The molecule has 5 nitrogen and oxygen atoms in total. The first kappa shape index (κ1) is 18.0. The molecule has 0 amide bonds. The minimum Gasteiger partial charge on any atom is -0.384 e. The van der Waals surface area contributed by atoms with Crippen molar-refractivity contribution < 1.29 is 24.1 Å². The molecule has 3 unspecified atom stereocenters. The van der Waals surface area contributed by atoms with Gasteiger partial charge in [0.2, 0.25) is 5.78 Å². The van der Waals surface area contributed by atoms with Gasteiger partial charge in [0.15, 0.2) is 5.60 Å². The van der Waals surface area contributed by atoms with Gasteiger partial charge in [0.25, 0.3) is 0 Å². The van der Waals surface area contributed by atoms with Crippen LogP contribution in [0.1, 0.15) is 24.5 Å². The zero-order valence-electron chi connectivity index (χ0n) is 14.4. The van der Waals surface area contributed by atoms with Crippen molar-refractivity contribution >= 4 is 5.78 Å². The molecule has 3 rings (SSSR count). The Kier molecular flexibility index (Phi) is 5.81. The SMILES string of the molecule is COCCC1=CCC(OCC2CO2)(C(=O)C(O)c2ccccc2)C=C1. The number of ketones is 1. The van der Waals surface area contributed by atoms with Crippen LogP contribution in [0.5, 0.6) is 0 Å². The highest BCUT2D eigenvalue weighted by atomic mass is 16.6. The van der Waals surface area contributed by atoms with Crippen molar-refractivity contribution in [3.8, 4) is 0 Å². The van der Waals surface area contributed by atoms with E-state index in [4.69, 9.17) is 14.2 Å². The number of hydrogen-bond donors (Lipinski definition) is 1. The number of benzene rings is 1. The highest BCUT2D eigenvalue weighted by Crippen LogP contribution is 2.33. The van der Waals surface area contributed by atoms with Gasteiger partial charge in [0.05, 0.1) is 19.8 Å². The quantitative estimate of drug-likeness (QED) is 0.697. The fourth-order valence-electron chi connectivity index (χ4n) is 2.85. The van der Waals surface area contributed by atoms with Gasteiger partial charge in [0, 0.05) is 13.5 Å². The smallest absolute Gasteiger partial charge is 0.201 e. The Morgan fingerprint density at radius 2 is 2.16 bits per heavy atom. The Bertz CT molecular complexity index is 647. The van der Waals surface area contributed by atoms with E-state index in [1.54, 1.807) is 37.5 Å². The number of aliphatic hydroxyl groups excluding tert-OH is 1. The Balaban J connectivity index is 1.76. The van der Waals surface area contributed by atoms with Crippen LogP contribution in [-0.4, -0.2) is 49.5 Å². The second-order valence-electron chi connectivity index (χ2n) is 6.39. The number of carbonyl (C=O) groups is 1. The summed E-state index contributed by atoms with van der Waals surface area (Å²) in [7, 11) is 1.66. The van der Waals surface area contributed by atoms with E-state index in [9.17, 15) is 9.90 Å². The zero-order chi connectivity index (χ0) is 17.7. The lowest BCUT2D eigenvalue weighted by molar-refractivity contribution is -0.148. The van der Waals surface area contributed by atoms with Gasteiger partial charge < -0.3 is 19.3 Å². The molecular weight excluding hydrogens is 320 g/mol. The van der Waals surface area contributed by atoms with Crippen molar-refractivity contribution in [3.05, 3.63) is 59.7 Å². The molecule has 134 valence electrons. The Hall–Kier alpha value is -1.79. The standard InChI is InChI=1S/C20H24O5/c1-23-12-9-15-7-10-20(11-8-15,25-14-17-13-24-17)19(22)18(21)16-5-3-2-4-6-16/h2-8,10,17-18,21H,9,11-14H2,1H3. The molecule has 1 aromatic carbocycles. The molecule has 1 N–H and O–H groups in total. The first-order valence-corrected chi connectivity index (χ1v) is 8.55. The number of aliphatic hydroxyl groups is 1. The van der Waals surface area contributed by atoms with Crippen LogP contribution in [0.2, 0.25) is 0 Å². The van der Waals surface area contributed by atoms with Gasteiger partial charge >= 0.3 is 0 Å². The summed E-state index contributed by atoms with van der Waals surface area (Å²) < 4.78 is 16.2. The summed E-state index contributed by atoms with van der Waals surface area (Å²) in [5.41, 5.74) is 0.518. The van der Waals surface area contributed by atoms with Gasteiger partial charge in [-0.1, -0.05) is 42.5 Å². The normalized spacial score (nSPS) is 26.2.